The molecule has 8 nitrogen and oxygen atoms in total. The maximum atomic E-state index is 11.6. The van der Waals surface area contributed by atoms with Gasteiger partial charge in [0, 0.05) is 11.3 Å². The lowest BCUT2D eigenvalue weighted by Gasteiger charge is -2.15. The summed E-state index contributed by atoms with van der Waals surface area (Å²) in [6.07, 6.45) is 3.52. The molecule has 0 aliphatic carbocycles. The van der Waals surface area contributed by atoms with Crippen LogP contribution in [0.1, 0.15) is 39.0 Å². The molecule has 0 aliphatic rings. The van der Waals surface area contributed by atoms with Crippen molar-refractivity contribution < 1.29 is 14.3 Å². The lowest BCUT2D eigenvalue weighted by molar-refractivity contribution is -0.508. The van der Waals surface area contributed by atoms with E-state index < -0.39 is 24.5 Å². The SMILES string of the molecule is CCCCCCC(C(=O)NP(N)(=O)NC)[N+](=O)[O-]. The van der Waals surface area contributed by atoms with Crippen molar-refractivity contribution in [2.45, 2.75) is 45.1 Å². The van der Waals surface area contributed by atoms with Gasteiger partial charge in [0.2, 0.25) is 0 Å². The predicted octanol–water partition coefficient (Wildman–Crippen LogP) is 1.00. The Morgan fingerprint density at radius 1 is 1.44 bits per heavy atom. The van der Waals surface area contributed by atoms with Gasteiger partial charge in [-0.3, -0.25) is 30.1 Å². The van der Waals surface area contributed by atoms with Crippen molar-refractivity contribution in [2.75, 3.05) is 7.05 Å². The minimum absolute atomic E-state index is 0.128. The maximum Gasteiger partial charge on any atom is 0.302 e. The Morgan fingerprint density at radius 3 is 2.50 bits per heavy atom. The second-order valence-electron chi connectivity index (χ2n) is 4.01. The first-order valence-electron chi connectivity index (χ1n) is 5.87. The lowest BCUT2D eigenvalue weighted by atomic mass is 10.1. The second-order valence-corrected chi connectivity index (χ2v) is 5.99. The molecule has 0 rings (SSSR count). The van der Waals surface area contributed by atoms with Gasteiger partial charge in [0.05, 0.1) is 0 Å². The molecule has 2 atom stereocenters. The van der Waals surface area contributed by atoms with E-state index in [1.165, 1.54) is 7.05 Å². The van der Waals surface area contributed by atoms with Crippen molar-refractivity contribution in [2.24, 2.45) is 5.50 Å². The molecule has 0 radical (unpaired) electrons. The third-order valence-corrected chi connectivity index (χ3v) is 3.71. The summed E-state index contributed by atoms with van der Waals surface area (Å²) in [5.41, 5.74) is 5.22. The zero-order valence-electron chi connectivity index (χ0n) is 10.7. The van der Waals surface area contributed by atoms with E-state index in [9.17, 15) is 19.5 Å². The number of nitrogens with zero attached hydrogens (tertiary/aromatic N) is 1. The molecule has 0 saturated carbocycles. The van der Waals surface area contributed by atoms with Crippen molar-refractivity contribution in [3.63, 3.8) is 0 Å². The van der Waals surface area contributed by atoms with Crippen molar-refractivity contribution in [3.05, 3.63) is 10.1 Å². The van der Waals surface area contributed by atoms with E-state index in [1.807, 2.05) is 12.0 Å². The van der Waals surface area contributed by atoms with E-state index in [4.69, 9.17) is 5.50 Å². The molecule has 0 saturated heterocycles. The fourth-order valence-corrected chi connectivity index (χ4v) is 1.98. The van der Waals surface area contributed by atoms with Crippen LogP contribution in [0.2, 0.25) is 0 Å². The Bertz CT molecular complexity index is 337. The Morgan fingerprint density at radius 2 is 2.06 bits per heavy atom. The van der Waals surface area contributed by atoms with Crippen LogP contribution in [-0.4, -0.2) is 23.9 Å². The summed E-state index contributed by atoms with van der Waals surface area (Å²) in [7, 11) is -2.21. The quantitative estimate of drug-likeness (QED) is 0.250. The van der Waals surface area contributed by atoms with E-state index in [-0.39, 0.29) is 6.42 Å². The van der Waals surface area contributed by atoms with Crippen molar-refractivity contribution in [3.8, 4) is 0 Å². The minimum Gasteiger partial charge on any atom is -0.277 e. The van der Waals surface area contributed by atoms with Crippen molar-refractivity contribution in [1.29, 1.82) is 0 Å². The molecule has 0 aromatic carbocycles. The van der Waals surface area contributed by atoms with Crippen LogP contribution >= 0.6 is 7.59 Å². The molecule has 4 N–H and O–H groups in total. The Kier molecular flexibility index (Phi) is 7.73. The van der Waals surface area contributed by atoms with Crippen molar-refractivity contribution in [1.82, 2.24) is 10.2 Å². The largest absolute Gasteiger partial charge is 0.302 e. The average molecular weight is 280 g/mol. The zero-order valence-corrected chi connectivity index (χ0v) is 11.6. The van der Waals surface area contributed by atoms with Gasteiger partial charge in [0.15, 0.2) is 0 Å². The summed E-state index contributed by atoms with van der Waals surface area (Å²) in [5, 5.41) is 15.0. The summed E-state index contributed by atoms with van der Waals surface area (Å²) >= 11 is 0. The lowest BCUT2D eigenvalue weighted by Crippen LogP contribution is -2.41. The van der Waals surface area contributed by atoms with E-state index in [2.05, 4.69) is 5.09 Å². The molecule has 9 heteroatoms. The molecule has 2 unspecified atom stereocenters. The van der Waals surface area contributed by atoms with E-state index in [0.29, 0.717) is 6.42 Å². The summed E-state index contributed by atoms with van der Waals surface area (Å²) in [4.78, 5) is 21.7. The fourth-order valence-electron chi connectivity index (χ4n) is 1.39. The van der Waals surface area contributed by atoms with Gasteiger partial charge in [-0.05, 0) is 13.5 Å². The highest BCUT2D eigenvalue weighted by atomic mass is 31.2. The minimum atomic E-state index is -3.52. The van der Waals surface area contributed by atoms with Crippen LogP contribution in [-0.2, 0) is 9.36 Å². The normalized spacial score (nSPS) is 15.7. The van der Waals surface area contributed by atoms with Gasteiger partial charge < -0.3 is 0 Å². The van der Waals surface area contributed by atoms with Crippen molar-refractivity contribution >= 4 is 13.5 Å². The summed E-state index contributed by atoms with van der Waals surface area (Å²) < 4.78 is 11.4. The number of carbonyl (C=O) groups excluding carboxylic acids is 1. The number of nitro groups is 1. The van der Waals surface area contributed by atoms with Crippen LogP contribution in [0.5, 0.6) is 0 Å². The van der Waals surface area contributed by atoms with Gasteiger partial charge in [-0.2, -0.15) is 0 Å². The van der Waals surface area contributed by atoms with Gasteiger partial charge in [0.1, 0.15) is 0 Å². The molecule has 0 fully saturated rings. The Hall–Kier alpha value is -0.980. The number of nitrogens with two attached hydrogens (primary N) is 1. The van der Waals surface area contributed by atoms with Crippen LogP contribution in [0.25, 0.3) is 0 Å². The monoisotopic (exact) mass is 280 g/mol. The topological polar surface area (TPSA) is 127 Å². The van der Waals surface area contributed by atoms with Crippen LogP contribution in [0.15, 0.2) is 0 Å². The van der Waals surface area contributed by atoms with Gasteiger partial charge in [-0.15, -0.1) is 0 Å². The molecule has 0 heterocycles. The number of hydrogen-bond acceptors (Lipinski definition) is 4. The molecule has 0 aliphatic heterocycles. The molecular formula is C9H21N4O4P. The first-order chi connectivity index (χ1) is 8.34. The van der Waals surface area contributed by atoms with E-state index in [1.54, 1.807) is 0 Å². The molecule has 106 valence electrons. The zero-order chi connectivity index (χ0) is 14.2. The van der Waals surface area contributed by atoms with Crippen LogP contribution in [0.3, 0.4) is 0 Å². The Labute approximate surface area is 106 Å². The van der Waals surface area contributed by atoms with Gasteiger partial charge in [-0.1, -0.05) is 26.2 Å². The molecule has 0 aromatic rings. The number of unbranched alkanes of at least 4 members (excludes halogenated alkanes) is 3. The molecule has 0 spiro atoms. The van der Waals surface area contributed by atoms with Gasteiger partial charge in [0.25, 0.3) is 6.04 Å². The van der Waals surface area contributed by atoms with Gasteiger partial charge >= 0.3 is 13.5 Å². The number of hydrogen-bond donors (Lipinski definition) is 3. The van der Waals surface area contributed by atoms with E-state index in [0.717, 1.165) is 19.3 Å². The highest BCUT2D eigenvalue weighted by Crippen LogP contribution is 2.23. The van der Waals surface area contributed by atoms with Crippen LogP contribution < -0.4 is 15.7 Å². The third kappa shape index (κ3) is 6.68. The number of amides is 1. The standard InChI is InChI=1S/C9H21N4O4P/c1-3-4-5-6-7-8(13(15)16)9(14)12-18(10,17)11-2/h8H,3-7H2,1-2H3,(H4,10,11,12,14,17). The summed E-state index contributed by atoms with van der Waals surface area (Å²) in [6.45, 7) is 2.02. The highest BCUT2D eigenvalue weighted by Gasteiger charge is 2.32. The molecule has 0 aromatic heterocycles. The first kappa shape index (κ1) is 17.0. The fraction of sp³-hybridized carbons (Fsp3) is 0.889. The second kappa shape index (κ2) is 8.18. The average Bonchev–Trinajstić information content (AvgIpc) is 2.27. The first-order valence-corrected chi connectivity index (χ1v) is 7.65. The maximum absolute atomic E-state index is 11.6. The van der Waals surface area contributed by atoms with Crippen LogP contribution in [0, 0.1) is 10.1 Å². The van der Waals surface area contributed by atoms with E-state index >= 15 is 0 Å². The van der Waals surface area contributed by atoms with Gasteiger partial charge in [-0.25, -0.2) is 5.09 Å². The number of rotatable bonds is 9. The molecular weight excluding hydrogens is 259 g/mol. The smallest absolute Gasteiger partial charge is 0.277 e. The predicted molar refractivity (Wildman–Crippen MR) is 68.5 cm³/mol. The number of carbonyl (C=O) groups is 1. The Balaban J connectivity index is 4.37. The molecule has 0 bridgehead atoms. The van der Waals surface area contributed by atoms with Crippen LogP contribution in [0.4, 0.5) is 0 Å². The summed E-state index contributed by atoms with van der Waals surface area (Å²) in [6, 6.07) is -1.40. The highest BCUT2D eigenvalue weighted by molar-refractivity contribution is 7.58. The number of nitrogens with one attached hydrogen (secondary N) is 2. The molecule has 18 heavy (non-hydrogen) atoms. The summed E-state index contributed by atoms with van der Waals surface area (Å²) in [5.74, 6) is -0.906. The third-order valence-electron chi connectivity index (χ3n) is 2.50. The molecule has 1 amide bonds.